The van der Waals surface area contributed by atoms with Gasteiger partial charge in [0, 0.05) is 32.0 Å². The van der Waals surface area contributed by atoms with Crippen molar-refractivity contribution in [3.63, 3.8) is 0 Å². The summed E-state index contributed by atoms with van der Waals surface area (Å²) in [5.41, 5.74) is 1.35. The lowest BCUT2D eigenvalue weighted by molar-refractivity contribution is 0.275. The Bertz CT molecular complexity index is 521. The summed E-state index contributed by atoms with van der Waals surface area (Å²) in [4.78, 5) is 6.72. The van der Waals surface area contributed by atoms with Crippen molar-refractivity contribution in [3.05, 3.63) is 54.1 Å². The number of hydrogen-bond donors (Lipinski definition) is 1. The number of aryl methyl sites for hydroxylation is 1. The van der Waals surface area contributed by atoms with Crippen LogP contribution in [0.2, 0.25) is 0 Å². The van der Waals surface area contributed by atoms with E-state index in [1.807, 2.05) is 19.4 Å². The van der Waals surface area contributed by atoms with Gasteiger partial charge in [0.05, 0.1) is 6.54 Å². The molecule has 0 fully saturated rings. The van der Waals surface area contributed by atoms with Crippen LogP contribution in [0.15, 0.2) is 42.7 Å². The molecule has 0 radical (unpaired) electrons. The summed E-state index contributed by atoms with van der Waals surface area (Å²) in [7, 11) is 4.19. The molecule has 21 heavy (non-hydrogen) atoms. The molecular weight excluding hydrogens is 260 g/mol. The van der Waals surface area contributed by atoms with Crippen molar-refractivity contribution in [2.75, 3.05) is 20.1 Å². The van der Waals surface area contributed by atoms with Gasteiger partial charge in [0.1, 0.15) is 5.82 Å². The molecule has 1 aromatic heterocycles. The highest BCUT2D eigenvalue weighted by atomic mass is 15.2. The number of hydrogen-bond acceptors (Lipinski definition) is 3. The Morgan fingerprint density at radius 3 is 2.67 bits per heavy atom. The molecular formula is C17H26N4. The first kappa shape index (κ1) is 15.7. The van der Waals surface area contributed by atoms with Gasteiger partial charge in [-0.2, -0.15) is 0 Å². The average Bonchev–Trinajstić information content (AvgIpc) is 2.89. The second kappa shape index (κ2) is 7.96. The highest BCUT2D eigenvalue weighted by Gasteiger charge is 2.14. The van der Waals surface area contributed by atoms with Crippen LogP contribution in [0.4, 0.5) is 0 Å². The van der Waals surface area contributed by atoms with Gasteiger partial charge in [-0.1, -0.05) is 37.3 Å². The van der Waals surface area contributed by atoms with Gasteiger partial charge < -0.3 is 9.88 Å². The molecule has 2 aromatic rings. The van der Waals surface area contributed by atoms with Gasteiger partial charge in [0.25, 0.3) is 0 Å². The van der Waals surface area contributed by atoms with E-state index in [0.29, 0.717) is 6.04 Å². The van der Waals surface area contributed by atoms with E-state index in [1.165, 1.54) is 5.56 Å². The van der Waals surface area contributed by atoms with Gasteiger partial charge in [-0.05, 0) is 25.6 Å². The van der Waals surface area contributed by atoms with Crippen molar-refractivity contribution < 1.29 is 0 Å². The van der Waals surface area contributed by atoms with Crippen LogP contribution in [0.25, 0.3) is 0 Å². The topological polar surface area (TPSA) is 33.1 Å². The fourth-order valence-corrected chi connectivity index (χ4v) is 2.46. The smallest absolute Gasteiger partial charge is 0.122 e. The second-order valence-corrected chi connectivity index (χ2v) is 5.57. The van der Waals surface area contributed by atoms with E-state index in [2.05, 4.69) is 64.1 Å². The van der Waals surface area contributed by atoms with Crippen LogP contribution in [0.1, 0.15) is 30.8 Å². The van der Waals surface area contributed by atoms with Gasteiger partial charge in [0.15, 0.2) is 0 Å². The Hall–Kier alpha value is -1.65. The number of imidazole rings is 1. The first-order valence-corrected chi connectivity index (χ1v) is 7.63. The molecule has 0 bridgehead atoms. The predicted octanol–water partition coefficient (Wildman–Crippen LogP) is 2.59. The average molecular weight is 286 g/mol. The zero-order valence-corrected chi connectivity index (χ0v) is 13.3. The molecule has 1 unspecified atom stereocenters. The predicted molar refractivity (Wildman–Crippen MR) is 87.0 cm³/mol. The van der Waals surface area contributed by atoms with Crippen molar-refractivity contribution in [2.45, 2.75) is 25.9 Å². The maximum Gasteiger partial charge on any atom is 0.122 e. The largest absolute Gasteiger partial charge is 0.337 e. The summed E-state index contributed by atoms with van der Waals surface area (Å²) < 4.78 is 2.08. The number of aromatic nitrogens is 2. The highest BCUT2D eigenvalue weighted by molar-refractivity contribution is 5.19. The first-order chi connectivity index (χ1) is 10.2. The lowest BCUT2D eigenvalue weighted by atomic mass is 10.1. The normalized spacial score (nSPS) is 12.8. The molecule has 0 saturated carbocycles. The fourth-order valence-electron chi connectivity index (χ4n) is 2.46. The summed E-state index contributed by atoms with van der Waals surface area (Å²) in [6, 6.07) is 11.0. The Balaban J connectivity index is 1.99. The Kier molecular flexibility index (Phi) is 5.96. The molecule has 4 heteroatoms. The Labute approximate surface area is 127 Å². The molecule has 0 amide bonds. The van der Waals surface area contributed by atoms with Crippen molar-refractivity contribution in [3.8, 4) is 0 Å². The monoisotopic (exact) mass is 286 g/mol. The molecule has 4 nitrogen and oxygen atoms in total. The molecule has 114 valence electrons. The minimum atomic E-state index is 0.358. The molecule has 0 aliphatic heterocycles. The van der Waals surface area contributed by atoms with Crippen LogP contribution in [0.5, 0.6) is 0 Å². The zero-order chi connectivity index (χ0) is 15.1. The van der Waals surface area contributed by atoms with Gasteiger partial charge in [-0.3, -0.25) is 4.90 Å². The molecule has 0 spiro atoms. The van der Waals surface area contributed by atoms with Crippen molar-refractivity contribution in [1.82, 2.24) is 19.8 Å². The number of likely N-dealkylation sites (N-methyl/N-ethyl adjacent to an activating group) is 1. The molecule has 1 N–H and O–H groups in total. The summed E-state index contributed by atoms with van der Waals surface area (Å²) in [5, 5.41) is 3.64. The number of rotatable bonds is 8. The minimum Gasteiger partial charge on any atom is -0.337 e. The minimum absolute atomic E-state index is 0.358. The standard InChI is InChI=1S/C17H26N4/c1-4-10-18-16(15-8-6-5-7-9-15)13-20(2)14-17-19-11-12-21(17)3/h5-9,11-12,16,18H,4,10,13-14H2,1-3H3. The Morgan fingerprint density at radius 1 is 1.29 bits per heavy atom. The second-order valence-electron chi connectivity index (χ2n) is 5.57. The summed E-state index contributed by atoms with van der Waals surface area (Å²) >= 11 is 0. The van der Waals surface area contributed by atoms with E-state index in [1.54, 1.807) is 0 Å². The van der Waals surface area contributed by atoms with Crippen LogP contribution >= 0.6 is 0 Å². The number of benzene rings is 1. The third kappa shape index (κ3) is 4.69. The fraction of sp³-hybridized carbons (Fsp3) is 0.471. The van der Waals surface area contributed by atoms with E-state index in [-0.39, 0.29) is 0 Å². The zero-order valence-electron chi connectivity index (χ0n) is 13.3. The molecule has 0 aliphatic rings. The molecule has 2 rings (SSSR count). The SMILES string of the molecule is CCCNC(CN(C)Cc1nccn1C)c1ccccc1. The quantitative estimate of drug-likeness (QED) is 0.810. The lowest BCUT2D eigenvalue weighted by Crippen LogP contribution is -2.33. The number of nitrogens with zero attached hydrogens (tertiary/aromatic N) is 3. The van der Waals surface area contributed by atoms with E-state index < -0.39 is 0 Å². The molecule has 1 aromatic carbocycles. The van der Waals surface area contributed by atoms with E-state index in [0.717, 1.165) is 31.9 Å². The van der Waals surface area contributed by atoms with Crippen LogP contribution < -0.4 is 5.32 Å². The molecule has 0 saturated heterocycles. The van der Waals surface area contributed by atoms with Crippen LogP contribution in [0, 0.1) is 0 Å². The number of nitrogens with one attached hydrogen (secondary N) is 1. The van der Waals surface area contributed by atoms with Gasteiger partial charge >= 0.3 is 0 Å². The van der Waals surface area contributed by atoms with E-state index in [4.69, 9.17) is 0 Å². The molecule has 0 aliphatic carbocycles. The molecule has 1 heterocycles. The third-order valence-electron chi connectivity index (χ3n) is 3.67. The molecule has 1 atom stereocenters. The lowest BCUT2D eigenvalue weighted by Gasteiger charge is -2.25. The highest BCUT2D eigenvalue weighted by Crippen LogP contribution is 2.14. The van der Waals surface area contributed by atoms with Crippen LogP contribution in [0.3, 0.4) is 0 Å². The maximum absolute atomic E-state index is 4.40. The van der Waals surface area contributed by atoms with Crippen molar-refractivity contribution in [2.24, 2.45) is 7.05 Å². The van der Waals surface area contributed by atoms with Gasteiger partial charge in [-0.15, -0.1) is 0 Å². The summed E-state index contributed by atoms with van der Waals surface area (Å²) in [6.45, 7) is 5.07. The Morgan fingerprint density at radius 2 is 2.05 bits per heavy atom. The first-order valence-electron chi connectivity index (χ1n) is 7.63. The van der Waals surface area contributed by atoms with Crippen molar-refractivity contribution >= 4 is 0 Å². The van der Waals surface area contributed by atoms with E-state index in [9.17, 15) is 0 Å². The van der Waals surface area contributed by atoms with E-state index >= 15 is 0 Å². The summed E-state index contributed by atoms with van der Waals surface area (Å²) in [5.74, 6) is 1.10. The van der Waals surface area contributed by atoms with Gasteiger partial charge in [-0.25, -0.2) is 4.98 Å². The van der Waals surface area contributed by atoms with Crippen LogP contribution in [-0.4, -0.2) is 34.6 Å². The van der Waals surface area contributed by atoms with Gasteiger partial charge in [0.2, 0.25) is 0 Å². The van der Waals surface area contributed by atoms with Crippen molar-refractivity contribution in [1.29, 1.82) is 0 Å². The van der Waals surface area contributed by atoms with Crippen LogP contribution in [-0.2, 0) is 13.6 Å². The maximum atomic E-state index is 4.40. The summed E-state index contributed by atoms with van der Waals surface area (Å²) in [6.07, 6.45) is 4.99. The third-order valence-corrected chi connectivity index (χ3v) is 3.67.